The maximum Gasteiger partial charge on any atom is 0.333 e. The van der Waals surface area contributed by atoms with Crippen molar-refractivity contribution in [1.29, 1.82) is 0 Å². The summed E-state index contributed by atoms with van der Waals surface area (Å²) in [7, 11) is 0. The van der Waals surface area contributed by atoms with Crippen molar-refractivity contribution in [2.45, 2.75) is 12.5 Å². The monoisotopic (exact) mass is 261 g/mol. The zero-order valence-corrected chi connectivity index (χ0v) is 9.38. The highest BCUT2D eigenvalue weighted by molar-refractivity contribution is 7.12. The number of carboxylic acids is 2. The van der Waals surface area contributed by atoms with Gasteiger partial charge < -0.3 is 21.1 Å². The van der Waals surface area contributed by atoms with Gasteiger partial charge in [-0.2, -0.15) is 0 Å². The summed E-state index contributed by atoms with van der Waals surface area (Å²) in [6, 6.07) is 3.50. The second-order valence-electron chi connectivity index (χ2n) is 2.79. The molecule has 1 atom stereocenters. The molecule has 1 rings (SSSR count). The Hall–Kier alpha value is -1.93. The molecule has 0 bridgehead atoms. The van der Waals surface area contributed by atoms with Crippen molar-refractivity contribution in [1.82, 2.24) is 0 Å². The van der Waals surface area contributed by atoms with Gasteiger partial charge in [0, 0.05) is 0 Å². The summed E-state index contributed by atoms with van der Waals surface area (Å²) < 4.78 is 0. The van der Waals surface area contributed by atoms with Gasteiger partial charge >= 0.3 is 11.9 Å². The Kier molecular flexibility index (Phi) is 6.53. The second-order valence-corrected chi connectivity index (χ2v) is 3.74. The van der Waals surface area contributed by atoms with Gasteiger partial charge in [-0.1, -0.05) is 6.07 Å². The minimum Gasteiger partial charge on any atom is -0.481 e. The molecule has 0 saturated carbocycles. The summed E-state index contributed by atoms with van der Waals surface area (Å²) in [5.74, 6) is -3.19. The molecule has 0 radical (unpaired) electrons. The SMILES string of the molecule is NC(=O)c1cccs1.O=C(O)C[C@H](O)C(=O)O. The van der Waals surface area contributed by atoms with Crippen LogP contribution in [-0.4, -0.2) is 39.3 Å². The summed E-state index contributed by atoms with van der Waals surface area (Å²) in [5.41, 5.74) is 4.93. The molecular weight excluding hydrogens is 250 g/mol. The van der Waals surface area contributed by atoms with Crippen LogP contribution in [0.5, 0.6) is 0 Å². The van der Waals surface area contributed by atoms with E-state index in [1.807, 2.05) is 5.38 Å². The van der Waals surface area contributed by atoms with E-state index in [-0.39, 0.29) is 5.91 Å². The van der Waals surface area contributed by atoms with Gasteiger partial charge in [0.25, 0.3) is 5.91 Å². The number of carbonyl (C=O) groups excluding carboxylic acids is 1. The van der Waals surface area contributed by atoms with Crippen LogP contribution in [0.2, 0.25) is 0 Å². The van der Waals surface area contributed by atoms with Gasteiger partial charge in [0.2, 0.25) is 0 Å². The highest BCUT2D eigenvalue weighted by atomic mass is 32.1. The Bertz CT molecular complexity index is 388. The van der Waals surface area contributed by atoms with Gasteiger partial charge in [-0.3, -0.25) is 9.59 Å². The molecule has 1 heterocycles. The molecule has 1 amide bonds. The summed E-state index contributed by atoms with van der Waals surface area (Å²) in [6.07, 6.45) is -2.54. The third-order valence-electron chi connectivity index (χ3n) is 1.42. The summed E-state index contributed by atoms with van der Waals surface area (Å²) in [4.78, 5) is 30.3. The Labute approximate surface area is 100 Å². The standard InChI is InChI=1S/C5H5NOS.C4H6O5/c6-5(7)4-2-1-3-8-4;5-2(4(8)9)1-3(6)7/h1-3H,(H2,6,7);2,5H,1H2,(H,6,7)(H,8,9)/t;2-/m.0/s1. The molecule has 0 aliphatic carbocycles. The lowest BCUT2D eigenvalue weighted by Crippen LogP contribution is -2.22. The molecule has 0 saturated heterocycles. The van der Waals surface area contributed by atoms with Crippen molar-refractivity contribution >= 4 is 29.2 Å². The first-order chi connectivity index (χ1) is 7.84. The van der Waals surface area contributed by atoms with E-state index >= 15 is 0 Å². The molecule has 8 heteroatoms. The zero-order chi connectivity index (χ0) is 13.4. The second kappa shape index (κ2) is 7.36. The molecule has 0 aliphatic heterocycles. The maximum atomic E-state index is 10.3. The van der Waals surface area contributed by atoms with E-state index in [9.17, 15) is 14.4 Å². The van der Waals surface area contributed by atoms with Crippen LogP contribution < -0.4 is 5.73 Å². The van der Waals surface area contributed by atoms with E-state index < -0.39 is 24.5 Å². The van der Waals surface area contributed by atoms with Crippen molar-refractivity contribution in [2.24, 2.45) is 5.73 Å². The lowest BCUT2D eigenvalue weighted by Gasteiger charge is -1.97. The number of aliphatic carboxylic acids is 2. The van der Waals surface area contributed by atoms with Crippen LogP contribution in [0.4, 0.5) is 0 Å². The van der Waals surface area contributed by atoms with Crippen LogP contribution in [-0.2, 0) is 9.59 Å². The highest BCUT2D eigenvalue weighted by Gasteiger charge is 2.16. The van der Waals surface area contributed by atoms with Crippen molar-refractivity contribution in [2.75, 3.05) is 0 Å². The number of carbonyl (C=O) groups is 3. The Morgan fingerprint density at radius 2 is 1.94 bits per heavy atom. The average Bonchev–Trinajstić information content (AvgIpc) is 2.69. The Morgan fingerprint density at radius 1 is 1.35 bits per heavy atom. The number of thiophene rings is 1. The first-order valence-electron chi connectivity index (χ1n) is 4.30. The van der Waals surface area contributed by atoms with Gasteiger partial charge in [-0.25, -0.2) is 4.79 Å². The lowest BCUT2D eigenvalue weighted by molar-refractivity contribution is -0.152. The molecule has 17 heavy (non-hydrogen) atoms. The number of hydrogen-bond acceptors (Lipinski definition) is 5. The van der Waals surface area contributed by atoms with E-state index in [4.69, 9.17) is 21.1 Å². The van der Waals surface area contributed by atoms with Gasteiger partial charge in [0.05, 0.1) is 11.3 Å². The molecule has 1 aromatic rings. The smallest absolute Gasteiger partial charge is 0.333 e. The normalized spacial score (nSPS) is 10.9. The predicted octanol–water partition coefficient (Wildman–Crippen LogP) is -0.246. The molecular formula is C9H11NO6S. The molecule has 0 aliphatic rings. The maximum absolute atomic E-state index is 10.3. The predicted molar refractivity (Wildman–Crippen MR) is 58.7 cm³/mol. The van der Waals surface area contributed by atoms with Gasteiger partial charge in [-0.05, 0) is 11.4 Å². The highest BCUT2D eigenvalue weighted by Crippen LogP contribution is 2.05. The fourth-order valence-electron chi connectivity index (χ4n) is 0.671. The van der Waals surface area contributed by atoms with Gasteiger partial charge in [-0.15, -0.1) is 11.3 Å². The third-order valence-corrected chi connectivity index (χ3v) is 2.30. The molecule has 0 fully saturated rings. The summed E-state index contributed by atoms with van der Waals surface area (Å²) in [6.45, 7) is 0. The van der Waals surface area contributed by atoms with E-state index in [0.29, 0.717) is 4.88 Å². The van der Waals surface area contributed by atoms with Gasteiger partial charge in [0.1, 0.15) is 0 Å². The molecule has 94 valence electrons. The fourth-order valence-corrected chi connectivity index (χ4v) is 1.25. The molecule has 0 unspecified atom stereocenters. The van der Waals surface area contributed by atoms with E-state index in [2.05, 4.69) is 0 Å². The average molecular weight is 261 g/mol. The lowest BCUT2D eigenvalue weighted by atomic mass is 10.3. The van der Waals surface area contributed by atoms with Crippen LogP contribution >= 0.6 is 11.3 Å². The summed E-state index contributed by atoms with van der Waals surface area (Å²) >= 11 is 1.36. The summed E-state index contributed by atoms with van der Waals surface area (Å²) in [5, 5.41) is 26.0. The van der Waals surface area contributed by atoms with Crippen LogP contribution in [0, 0.1) is 0 Å². The fraction of sp³-hybridized carbons (Fsp3) is 0.222. The van der Waals surface area contributed by atoms with Crippen LogP contribution in [0.1, 0.15) is 16.1 Å². The molecule has 1 aromatic heterocycles. The zero-order valence-electron chi connectivity index (χ0n) is 8.57. The third kappa shape index (κ3) is 7.03. The van der Waals surface area contributed by atoms with Crippen LogP contribution in [0.15, 0.2) is 17.5 Å². The number of primary amides is 1. The van der Waals surface area contributed by atoms with E-state index in [0.717, 1.165) is 0 Å². The van der Waals surface area contributed by atoms with Crippen molar-refractivity contribution < 1.29 is 29.7 Å². The van der Waals surface area contributed by atoms with E-state index in [1.165, 1.54) is 11.3 Å². The van der Waals surface area contributed by atoms with Crippen LogP contribution in [0.25, 0.3) is 0 Å². The number of hydrogen-bond donors (Lipinski definition) is 4. The number of nitrogens with two attached hydrogens (primary N) is 1. The number of amides is 1. The quantitative estimate of drug-likeness (QED) is 0.589. The number of carboxylic acid groups (broad SMARTS) is 2. The number of rotatable bonds is 4. The minimum atomic E-state index is -1.79. The van der Waals surface area contributed by atoms with Crippen LogP contribution in [0.3, 0.4) is 0 Å². The topological polar surface area (TPSA) is 138 Å². The van der Waals surface area contributed by atoms with E-state index in [1.54, 1.807) is 12.1 Å². The first kappa shape index (κ1) is 15.1. The number of aliphatic hydroxyl groups is 1. The Morgan fingerprint density at radius 3 is 2.12 bits per heavy atom. The number of aliphatic hydroxyl groups excluding tert-OH is 1. The minimum absolute atomic E-state index is 0.347. The molecule has 7 nitrogen and oxygen atoms in total. The molecule has 0 aromatic carbocycles. The molecule has 0 spiro atoms. The van der Waals surface area contributed by atoms with Crippen molar-refractivity contribution in [3.63, 3.8) is 0 Å². The Balaban J connectivity index is 0.000000302. The van der Waals surface area contributed by atoms with Crippen molar-refractivity contribution in [3.8, 4) is 0 Å². The van der Waals surface area contributed by atoms with Gasteiger partial charge in [0.15, 0.2) is 6.10 Å². The molecule has 5 N–H and O–H groups in total. The van der Waals surface area contributed by atoms with Crippen molar-refractivity contribution in [3.05, 3.63) is 22.4 Å². The largest absolute Gasteiger partial charge is 0.481 e. The first-order valence-corrected chi connectivity index (χ1v) is 5.18.